The van der Waals surface area contributed by atoms with E-state index in [0.29, 0.717) is 23.6 Å². The predicted molar refractivity (Wildman–Crippen MR) is 98.6 cm³/mol. The number of carbonyl (C=O) groups is 2. The van der Waals surface area contributed by atoms with Gasteiger partial charge in [0.1, 0.15) is 11.5 Å². The third-order valence-electron chi connectivity index (χ3n) is 3.88. The molecule has 0 aliphatic heterocycles. The van der Waals surface area contributed by atoms with Crippen LogP contribution in [-0.4, -0.2) is 32.7 Å². The van der Waals surface area contributed by atoms with Crippen molar-refractivity contribution in [3.63, 3.8) is 0 Å². The van der Waals surface area contributed by atoms with Crippen LogP contribution >= 0.6 is 0 Å². The summed E-state index contributed by atoms with van der Waals surface area (Å²) in [5.74, 6) is -0.145. The average Bonchev–Trinajstić information content (AvgIpc) is 2.67. The first-order valence-corrected chi connectivity index (χ1v) is 8.31. The highest BCUT2D eigenvalue weighted by molar-refractivity contribution is 5.93. The van der Waals surface area contributed by atoms with Gasteiger partial charge >= 0.3 is 5.97 Å². The molecule has 0 heterocycles. The quantitative estimate of drug-likeness (QED) is 0.733. The zero-order chi connectivity index (χ0) is 18.9. The maximum atomic E-state index is 12.3. The molecule has 1 N–H and O–H groups in total. The van der Waals surface area contributed by atoms with Crippen LogP contribution in [0.3, 0.4) is 0 Å². The molecule has 0 saturated heterocycles. The van der Waals surface area contributed by atoms with E-state index in [1.165, 1.54) is 14.2 Å². The lowest BCUT2D eigenvalue weighted by Crippen LogP contribution is -2.23. The fourth-order valence-corrected chi connectivity index (χ4v) is 2.54. The van der Waals surface area contributed by atoms with Gasteiger partial charge in [0.2, 0.25) is 0 Å². The Morgan fingerprint density at radius 2 is 1.62 bits per heavy atom. The number of benzene rings is 2. The van der Waals surface area contributed by atoms with Gasteiger partial charge in [-0.25, -0.2) is 0 Å². The van der Waals surface area contributed by atoms with Crippen LogP contribution in [0.15, 0.2) is 48.5 Å². The first kappa shape index (κ1) is 19.3. The lowest BCUT2D eigenvalue weighted by atomic mass is 9.97. The van der Waals surface area contributed by atoms with Gasteiger partial charge in [-0.2, -0.15) is 0 Å². The number of rotatable bonds is 8. The number of amides is 1. The van der Waals surface area contributed by atoms with Crippen molar-refractivity contribution in [1.29, 1.82) is 0 Å². The van der Waals surface area contributed by atoms with Crippen LogP contribution in [0.25, 0.3) is 0 Å². The van der Waals surface area contributed by atoms with Crippen molar-refractivity contribution in [1.82, 2.24) is 0 Å². The van der Waals surface area contributed by atoms with Crippen molar-refractivity contribution in [3.05, 3.63) is 54.1 Å². The number of ether oxygens (including phenoxy) is 3. The van der Waals surface area contributed by atoms with Crippen molar-refractivity contribution in [2.24, 2.45) is 0 Å². The molecule has 0 fully saturated rings. The summed E-state index contributed by atoms with van der Waals surface area (Å²) in [7, 11) is 3.05. The van der Waals surface area contributed by atoms with E-state index < -0.39 is 11.9 Å². The standard InChI is InChI=1S/C20H23NO5/c1-4-18(14-8-6-5-7-9-14)20(23)26-13-19(22)21-15-10-16(24-2)12-17(11-15)25-3/h5-12,18H,4,13H2,1-3H3,(H,21,22)/t18-/m1/s1. The van der Waals surface area contributed by atoms with E-state index in [1.54, 1.807) is 18.2 Å². The van der Waals surface area contributed by atoms with Gasteiger partial charge in [0, 0.05) is 23.9 Å². The monoisotopic (exact) mass is 357 g/mol. The zero-order valence-corrected chi connectivity index (χ0v) is 15.2. The van der Waals surface area contributed by atoms with Gasteiger partial charge in [-0.3, -0.25) is 9.59 Å². The fourth-order valence-electron chi connectivity index (χ4n) is 2.54. The van der Waals surface area contributed by atoms with Gasteiger partial charge in [0.25, 0.3) is 5.91 Å². The number of esters is 1. The maximum Gasteiger partial charge on any atom is 0.313 e. The lowest BCUT2D eigenvalue weighted by molar-refractivity contribution is -0.149. The van der Waals surface area contributed by atoms with Crippen molar-refractivity contribution in [3.8, 4) is 11.5 Å². The zero-order valence-electron chi connectivity index (χ0n) is 15.2. The molecule has 1 atom stereocenters. The van der Waals surface area contributed by atoms with Crippen LogP contribution in [0.4, 0.5) is 5.69 Å². The molecule has 2 aromatic rings. The molecule has 0 radical (unpaired) electrons. The van der Waals surface area contributed by atoms with E-state index >= 15 is 0 Å². The highest BCUT2D eigenvalue weighted by Crippen LogP contribution is 2.26. The van der Waals surface area contributed by atoms with Crippen molar-refractivity contribution < 1.29 is 23.8 Å². The minimum Gasteiger partial charge on any atom is -0.497 e. The summed E-state index contributed by atoms with van der Waals surface area (Å²) in [5.41, 5.74) is 1.37. The Morgan fingerprint density at radius 1 is 1.00 bits per heavy atom. The highest BCUT2D eigenvalue weighted by atomic mass is 16.5. The first-order chi connectivity index (χ1) is 12.6. The second kappa shape index (κ2) is 9.46. The summed E-state index contributed by atoms with van der Waals surface area (Å²) in [4.78, 5) is 24.4. The molecule has 0 spiro atoms. The molecular weight excluding hydrogens is 334 g/mol. The van der Waals surface area contributed by atoms with Crippen molar-refractivity contribution in [2.45, 2.75) is 19.3 Å². The normalized spacial score (nSPS) is 11.3. The van der Waals surface area contributed by atoms with Gasteiger partial charge in [0.05, 0.1) is 20.1 Å². The SMILES string of the molecule is CC[C@@H](C(=O)OCC(=O)Nc1cc(OC)cc(OC)c1)c1ccccc1. The topological polar surface area (TPSA) is 73.9 Å². The van der Waals surface area contributed by atoms with Crippen molar-refractivity contribution in [2.75, 3.05) is 26.1 Å². The van der Waals surface area contributed by atoms with Crippen LogP contribution in [0.1, 0.15) is 24.8 Å². The largest absolute Gasteiger partial charge is 0.497 e. The summed E-state index contributed by atoms with van der Waals surface area (Å²) in [5, 5.41) is 2.67. The van der Waals surface area contributed by atoms with Crippen LogP contribution in [-0.2, 0) is 14.3 Å². The van der Waals surface area contributed by atoms with E-state index in [1.807, 2.05) is 37.3 Å². The average molecular weight is 357 g/mol. The second-order valence-electron chi connectivity index (χ2n) is 5.63. The summed E-state index contributed by atoms with van der Waals surface area (Å²) >= 11 is 0. The van der Waals surface area contributed by atoms with E-state index in [4.69, 9.17) is 14.2 Å². The Labute approximate surface area is 153 Å². The predicted octanol–water partition coefficient (Wildman–Crippen LogP) is 3.38. The number of hydrogen-bond acceptors (Lipinski definition) is 5. The van der Waals surface area contributed by atoms with E-state index in [2.05, 4.69) is 5.32 Å². The minimum atomic E-state index is -0.434. The third-order valence-corrected chi connectivity index (χ3v) is 3.88. The maximum absolute atomic E-state index is 12.3. The van der Waals surface area contributed by atoms with E-state index in [0.717, 1.165) is 5.56 Å². The van der Waals surface area contributed by atoms with Gasteiger partial charge in [-0.05, 0) is 12.0 Å². The Bertz CT molecular complexity index is 723. The van der Waals surface area contributed by atoms with Gasteiger partial charge in [-0.1, -0.05) is 37.3 Å². The van der Waals surface area contributed by atoms with Gasteiger partial charge < -0.3 is 19.5 Å². The molecule has 6 heteroatoms. The Balaban J connectivity index is 1.95. The third kappa shape index (κ3) is 5.24. The molecule has 0 bridgehead atoms. The molecule has 0 aliphatic rings. The fraction of sp³-hybridized carbons (Fsp3) is 0.300. The molecule has 2 aromatic carbocycles. The molecule has 138 valence electrons. The molecule has 0 aromatic heterocycles. The molecule has 0 saturated carbocycles. The number of nitrogens with one attached hydrogen (secondary N) is 1. The van der Waals surface area contributed by atoms with Crippen molar-refractivity contribution >= 4 is 17.6 Å². The highest BCUT2D eigenvalue weighted by Gasteiger charge is 2.21. The molecule has 1 amide bonds. The molecule has 0 aliphatic carbocycles. The van der Waals surface area contributed by atoms with Crippen LogP contribution in [0, 0.1) is 0 Å². The summed E-state index contributed by atoms with van der Waals surface area (Å²) in [6, 6.07) is 14.4. The Hall–Kier alpha value is -3.02. The Morgan fingerprint density at radius 3 is 2.15 bits per heavy atom. The van der Waals surface area contributed by atoms with Crippen LogP contribution in [0.5, 0.6) is 11.5 Å². The van der Waals surface area contributed by atoms with Crippen LogP contribution < -0.4 is 14.8 Å². The smallest absolute Gasteiger partial charge is 0.313 e. The first-order valence-electron chi connectivity index (χ1n) is 8.31. The Kier molecular flexibility index (Phi) is 7.02. The number of hydrogen-bond donors (Lipinski definition) is 1. The molecule has 26 heavy (non-hydrogen) atoms. The summed E-state index contributed by atoms with van der Waals surface area (Å²) in [6.45, 7) is 1.54. The van der Waals surface area contributed by atoms with Gasteiger partial charge in [-0.15, -0.1) is 0 Å². The molecular formula is C20H23NO5. The number of carbonyl (C=O) groups excluding carboxylic acids is 2. The van der Waals surface area contributed by atoms with Crippen LogP contribution in [0.2, 0.25) is 0 Å². The van der Waals surface area contributed by atoms with E-state index in [9.17, 15) is 9.59 Å². The van der Waals surface area contributed by atoms with E-state index in [-0.39, 0.29) is 12.5 Å². The summed E-state index contributed by atoms with van der Waals surface area (Å²) in [6.07, 6.45) is 0.595. The summed E-state index contributed by atoms with van der Waals surface area (Å²) < 4.78 is 15.5. The minimum absolute atomic E-state index is 0.359. The lowest BCUT2D eigenvalue weighted by Gasteiger charge is -2.15. The van der Waals surface area contributed by atoms with Gasteiger partial charge in [0.15, 0.2) is 6.61 Å². The number of anilines is 1. The molecule has 2 rings (SSSR count). The number of methoxy groups -OCH3 is 2. The molecule has 0 unspecified atom stereocenters. The molecule has 6 nitrogen and oxygen atoms in total. The second-order valence-corrected chi connectivity index (χ2v) is 5.63.